The van der Waals surface area contributed by atoms with E-state index in [2.05, 4.69) is 10.5 Å². The average Bonchev–Trinajstić information content (AvgIpc) is 3.03. The summed E-state index contributed by atoms with van der Waals surface area (Å²) in [6, 6.07) is 9.45. The Morgan fingerprint density at radius 3 is 2.83 bits per heavy atom. The van der Waals surface area contributed by atoms with Gasteiger partial charge in [0.15, 0.2) is 0 Å². The molecule has 1 heterocycles. The van der Waals surface area contributed by atoms with Gasteiger partial charge in [0.05, 0.1) is 18.7 Å². The summed E-state index contributed by atoms with van der Waals surface area (Å²) in [5.74, 6) is -0.00959. The quantitative estimate of drug-likeness (QED) is 0.501. The summed E-state index contributed by atoms with van der Waals surface area (Å²) >= 11 is 0. The van der Waals surface area contributed by atoms with Gasteiger partial charge in [-0.05, 0) is 30.4 Å². The first-order chi connectivity index (χ1) is 11.1. The number of benzene rings is 1. The number of hydrogen-bond donors (Lipinski definition) is 1. The number of nitro groups is 1. The minimum atomic E-state index is -0.626. The fourth-order valence-electron chi connectivity index (χ4n) is 1.70. The second-order valence-electron chi connectivity index (χ2n) is 4.21. The molecule has 23 heavy (non-hydrogen) atoms. The summed E-state index contributed by atoms with van der Waals surface area (Å²) in [5, 5.41) is 14.2. The molecule has 0 saturated heterocycles. The number of carbonyl (C=O) groups is 1. The molecule has 0 radical (unpaired) electrons. The Bertz CT molecular complexity index is 764. The van der Waals surface area contributed by atoms with Crippen LogP contribution >= 0.6 is 0 Å². The molecule has 0 bridgehead atoms. The second kappa shape index (κ2) is 7.55. The van der Waals surface area contributed by atoms with E-state index in [9.17, 15) is 14.9 Å². The summed E-state index contributed by atoms with van der Waals surface area (Å²) in [6.07, 6.45) is 4.28. The number of ether oxygens (including phenoxy) is 1. The maximum Gasteiger partial charge on any atom is 0.433 e. The van der Waals surface area contributed by atoms with Gasteiger partial charge in [0.1, 0.15) is 16.4 Å². The number of nitrogens with zero attached hydrogens (tertiary/aromatic N) is 2. The Morgan fingerprint density at radius 2 is 2.13 bits per heavy atom. The van der Waals surface area contributed by atoms with Gasteiger partial charge in [0.2, 0.25) is 0 Å². The fraction of sp³-hybridized carbons (Fsp3) is 0.0667. The van der Waals surface area contributed by atoms with Gasteiger partial charge in [0.25, 0.3) is 5.91 Å². The Hall–Kier alpha value is -3.42. The van der Waals surface area contributed by atoms with E-state index in [-0.39, 0.29) is 5.88 Å². The molecule has 8 nitrogen and oxygen atoms in total. The van der Waals surface area contributed by atoms with Gasteiger partial charge in [-0.1, -0.05) is 12.1 Å². The molecule has 1 amide bonds. The molecule has 0 fully saturated rings. The van der Waals surface area contributed by atoms with Gasteiger partial charge in [-0.3, -0.25) is 14.9 Å². The number of allylic oxidation sites excluding steroid dienone is 1. The van der Waals surface area contributed by atoms with E-state index >= 15 is 0 Å². The van der Waals surface area contributed by atoms with E-state index in [0.717, 1.165) is 0 Å². The number of para-hydroxylation sites is 1. The monoisotopic (exact) mass is 315 g/mol. The Labute approximate surface area is 131 Å². The van der Waals surface area contributed by atoms with Crippen LogP contribution in [0.4, 0.5) is 5.88 Å². The molecule has 1 aromatic heterocycles. The molecular formula is C15H13N3O5. The zero-order valence-electron chi connectivity index (χ0n) is 12.1. The minimum absolute atomic E-state index is 0.305. The lowest BCUT2D eigenvalue weighted by Gasteiger charge is -2.05. The Kier molecular flexibility index (Phi) is 5.24. The van der Waals surface area contributed by atoms with Crippen molar-refractivity contribution in [2.45, 2.75) is 0 Å². The lowest BCUT2D eigenvalue weighted by Crippen LogP contribution is -2.18. The molecule has 1 N–H and O–H groups in total. The van der Waals surface area contributed by atoms with Crippen molar-refractivity contribution in [3.63, 3.8) is 0 Å². The van der Waals surface area contributed by atoms with Crippen LogP contribution in [0, 0.1) is 10.1 Å². The van der Waals surface area contributed by atoms with Gasteiger partial charge in [0, 0.05) is 6.21 Å². The van der Waals surface area contributed by atoms with Crippen LogP contribution in [-0.2, 0) is 0 Å². The molecule has 0 aliphatic carbocycles. The summed E-state index contributed by atoms with van der Waals surface area (Å²) in [4.78, 5) is 21.7. The number of furan rings is 1. The summed E-state index contributed by atoms with van der Waals surface area (Å²) < 4.78 is 10.0. The Morgan fingerprint density at radius 1 is 1.35 bits per heavy atom. The molecule has 8 heteroatoms. The van der Waals surface area contributed by atoms with Crippen LogP contribution < -0.4 is 10.2 Å². The summed E-state index contributed by atoms with van der Waals surface area (Å²) in [6.45, 7) is 0. The van der Waals surface area contributed by atoms with E-state index in [4.69, 9.17) is 9.15 Å². The third kappa shape index (κ3) is 4.27. The first-order valence-electron chi connectivity index (χ1n) is 6.49. The molecule has 2 rings (SSSR count). The SMILES string of the molecule is COc1ccccc1C(=O)N/N=C\C=C\c1ccc([N+](=O)[O-])o1. The maximum atomic E-state index is 11.9. The number of methoxy groups -OCH3 is 1. The highest BCUT2D eigenvalue weighted by atomic mass is 16.6. The van der Waals surface area contributed by atoms with Gasteiger partial charge in [-0.15, -0.1) is 0 Å². The molecule has 0 atom stereocenters. The normalized spacial score (nSPS) is 11.0. The molecule has 1 aromatic carbocycles. The largest absolute Gasteiger partial charge is 0.496 e. The highest BCUT2D eigenvalue weighted by Gasteiger charge is 2.10. The van der Waals surface area contributed by atoms with Crippen LogP contribution in [0.1, 0.15) is 16.1 Å². The molecule has 0 aliphatic heterocycles. The molecule has 118 valence electrons. The minimum Gasteiger partial charge on any atom is -0.496 e. The van der Waals surface area contributed by atoms with Crippen LogP contribution in [0.2, 0.25) is 0 Å². The first kappa shape index (κ1) is 16.0. The van der Waals surface area contributed by atoms with Crippen LogP contribution in [0.25, 0.3) is 6.08 Å². The predicted molar refractivity (Wildman–Crippen MR) is 83.3 cm³/mol. The topological polar surface area (TPSA) is 107 Å². The fourth-order valence-corrected chi connectivity index (χ4v) is 1.70. The summed E-state index contributed by atoms with van der Waals surface area (Å²) in [7, 11) is 1.47. The van der Waals surface area contributed by atoms with Crippen LogP contribution in [0.5, 0.6) is 5.75 Å². The number of amides is 1. The van der Waals surface area contributed by atoms with E-state index in [1.807, 2.05) is 0 Å². The molecule has 0 saturated carbocycles. The van der Waals surface area contributed by atoms with Crippen molar-refractivity contribution in [3.05, 3.63) is 63.9 Å². The average molecular weight is 315 g/mol. The molecular weight excluding hydrogens is 302 g/mol. The maximum absolute atomic E-state index is 11.9. The van der Waals surface area contributed by atoms with Crippen molar-refractivity contribution in [2.24, 2.45) is 5.10 Å². The predicted octanol–water partition coefficient (Wildman–Crippen LogP) is 2.63. The van der Waals surface area contributed by atoms with Crippen LogP contribution in [-0.4, -0.2) is 24.2 Å². The van der Waals surface area contributed by atoms with Gasteiger partial charge < -0.3 is 9.15 Å². The second-order valence-corrected chi connectivity index (χ2v) is 4.21. The molecule has 0 spiro atoms. The third-order valence-electron chi connectivity index (χ3n) is 2.73. The summed E-state index contributed by atoms with van der Waals surface area (Å²) in [5.41, 5.74) is 2.70. The van der Waals surface area contributed by atoms with Crippen molar-refractivity contribution in [2.75, 3.05) is 7.11 Å². The van der Waals surface area contributed by atoms with Gasteiger partial charge >= 0.3 is 5.88 Å². The number of nitrogens with one attached hydrogen (secondary N) is 1. The van der Waals surface area contributed by atoms with Crippen molar-refractivity contribution < 1.29 is 18.9 Å². The van der Waals surface area contributed by atoms with E-state index in [1.54, 1.807) is 24.3 Å². The van der Waals surface area contributed by atoms with Gasteiger partial charge in [-0.25, -0.2) is 5.43 Å². The standard InChI is InChI=1S/C15H13N3O5/c1-22-13-7-3-2-6-12(13)15(19)17-16-10-4-5-11-8-9-14(23-11)18(20)21/h2-10H,1H3,(H,17,19)/b5-4+,16-10-. The number of hydrazone groups is 1. The third-order valence-corrected chi connectivity index (χ3v) is 2.73. The van der Waals surface area contributed by atoms with E-state index in [0.29, 0.717) is 17.1 Å². The van der Waals surface area contributed by atoms with Crippen molar-refractivity contribution >= 4 is 24.1 Å². The van der Waals surface area contributed by atoms with E-state index in [1.165, 1.54) is 37.6 Å². The van der Waals surface area contributed by atoms with Crippen molar-refractivity contribution in [1.29, 1.82) is 0 Å². The lowest BCUT2D eigenvalue weighted by atomic mass is 10.2. The van der Waals surface area contributed by atoms with Gasteiger partial charge in [-0.2, -0.15) is 5.10 Å². The smallest absolute Gasteiger partial charge is 0.433 e. The highest BCUT2D eigenvalue weighted by molar-refractivity contribution is 5.97. The van der Waals surface area contributed by atoms with E-state index < -0.39 is 10.8 Å². The molecule has 0 aliphatic rings. The number of rotatable bonds is 6. The number of carbonyl (C=O) groups excluding carboxylic acids is 1. The molecule has 2 aromatic rings. The lowest BCUT2D eigenvalue weighted by molar-refractivity contribution is -0.402. The van der Waals surface area contributed by atoms with Crippen molar-refractivity contribution in [3.8, 4) is 5.75 Å². The van der Waals surface area contributed by atoms with Crippen LogP contribution in [0.15, 0.2) is 52.0 Å². The first-order valence-corrected chi connectivity index (χ1v) is 6.49. The highest BCUT2D eigenvalue weighted by Crippen LogP contribution is 2.17. The molecule has 0 unspecified atom stereocenters. The number of hydrogen-bond acceptors (Lipinski definition) is 6. The Balaban J connectivity index is 1.92. The zero-order valence-corrected chi connectivity index (χ0v) is 12.1. The van der Waals surface area contributed by atoms with Crippen molar-refractivity contribution in [1.82, 2.24) is 5.43 Å². The zero-order chi connectivity index (χ0) is 16.7. The van der Waals surface area contributed by atoms with Crippen LogP contribution in [0.3, 0.4) is 0 Å².